The van der Waals surface area contributed by atoms with Gasteiger partial charge in [-0.1, -0.05) is 12.5 Å². The van der Waals surface area contributed by atoms with Crippen LogP contribution in [0.25, 0.3) is 0 Å². The minimum absolute atomic E-state index is 0.564. The molecule has 1 aromatic rings. The highest BCUT2D eigenvalue weighted by Gasteiger charge is 2.23. The molecule has 1 fully saturated rings. The zero-order valence-corrected chi connectivity index (χ0v) is 9.81. The maximum absolute atomic E-state index is 5.59. The first-order valence-electron chi connectivity index (χ1n) is 6.26. The SMILES string of the molecule is NCCCN1CCCCC1c1cccnc1. The monoisotopic (exact) mass is 219 g/mol. The highest BCUT2D eigenvalue weighted by Crippen LogP contribution is 2.30. The second-order valence-electron chi connectivity index (χ2n) is 4.48. The molecule has 2 heterocycles. The molecule has 0 aromatic carbocycles. The maximum Gasteiger partial charge on any atom is 0.0363 e. The molecule has 1 saturated heterocycles. The van der Waals surface area contributed by atoms with Crippen LogP contribution in [0.15, 0.2) is 24.5 Å². The molecule has 1 aliphatic rings. The number of nitrogens with zero attached hydrogens (tertiary/aromatic N) is 2. The van der Waals surface area contributed by atoms with Gasteiger partial charge in [0.05, 0.1) is 0 Å². The summed E-state index contributed by atoms with van der Waals surface area (Å²) in [5, 5.41) is 0. The van der Waals surface area contributed by atoms with Crippen LogP contribution in [0.1, 0.15) is 37.3 Å². The molecule has 0 spiro atoms. The molecule has 2 rings (SSSR count). The Hall–Kier alpha value is -0.930. The van der Waals surface area contributed by atoms with E-state index < -0.39 is 0 Å². The summed E-state index contributed by atoms with van der Waals surface area (Å²) < 4.78 is 0. The first kappa shape index (κ1) is 11.6. The fraction of sp³-hybridized carbons (Fsp3) is 0.615. The molecule has 3 heteroatoms. The molecule has 1 unspecified atom stereocenters. The van der Waals surface area contributed by atoms with Crippen LogP contribution in [0.2, 0.25) is 0 Å². The third-order valence-corrected chi connectivity index (χ3v) is 3.33. The highest BCUT2D eigenvalue weighted by atomic mass is 15.2. The number of nitrogens with two attached hydrogens (primary N) is 1. The minimum Gasteiger partial charge on any atom is -0.330 e. The van der Waals surface area contributed by atoms with E-state index in [1.165, 1.54) is 31.4 Å². The van der Waals surface area contributed by atoms with Crippen molar-refractivity contribution in [3.8, 4) is 0 Å². The Morgan fingerprint density at radius 2 is 2.38 bits per heavy atom. The van der Waals surface area contributed by atoms with Crippen LogP contribution in [-0.4, -0.2) is 29.5 Å². The van der Waals surface area contributed by atoms with E-state index in [1.54, 1.807) is 0 Å². The van der Waals surface area contributed by atoms with Crippen molar-refractivity contribution in [3.63, 3.8) is 0 Å². The van der Waals surface area contributed by atoms with Crippen LogP contribution in [0.3, 0.4) is 0 Å². The van der Waals surface area contributed by atoms with Crippen LogP contribution in [0.5, 0.6) is 0 Å². The lowest BCUT2D eigenvalue weighted by atomic mass is 9.96. The Balaban J connectivity index is 2.04. The third kappa shape index (κ3) is 2.80. The van der Waals surface area contributed by atoms with E-state index in [9.17, 15) is 0 Å². The zero-order chi connectivity index (χ0) is 11.2. The lowest BCUT2D eigenvalue weighted by molar-refractivity contribution is 0.147. The lowest BCUT2D eigenvalue weighted by Crippen LogP contribution is -2.35. The van der Waals surface area contributed by atoms with E-state index >= 15 is 0 Å². The molecule has 0 aliphatic carbocycles. The van der Waals surface area contributed by atoms with Crippen LogP contribution < -0.4 is 5.73 Å². The fourth-order valence-electron chi connectivity index (χ4n) is 2.50. The summed E-state index contributed by atoms with van der Waals surface area (Å²) in [6, 6.07) is 4.79. The van der Waals surface area contributed by atoms with Crippen molar-refractivity contribution in [1.82, 2.24) is 9.88 Å². The van der Waals surface area contributed by atoms with Crippen LogP contribution in [0.4, 0.5) is 0 Å². The van der Waals surface area contributed by atoms with Gasteiger partial charge in [0.25, 0.3) is 0 Å². The second-order valence-corrected chi connectivity index (χ2v) is 4.48. The molecule has 1 aliphatic heterocycles. The van der Waals surface area contributed by atoms with E-state index in [0.717, 1.165) is 19.5 Å². The standard InChI is InChI=1S/C13H21N3/c14-7-4-10-16-9-2-1-6-13(16)12-5-3-8-15-11-12/h3,5,8,11,13H,1-2,4,6-7,9-10,14H2. The molecule has 3 nitrogen and oxygen atoms in total. The average Bonchev–Trinajstić information content (AvgIpc) is 2.38. The summed E-state index contributed by atoms with van der Waals surface area (Å²) in [5.41, 5.74) is 6.95. The topological polar surface area (TPSA) is 42.1 Å². The first-order chi connectivity index (χ1) is 7.92. The Labute approximate surface area is 97.7 Å². The minimum atomic E-state index is 0.564. The summed E-state index contributed by atoms with van der Waals surface area (Å²) in [6.45, 7) is 3.12. The van der Waals surface area contributed by atoms with Crippen LogP contribution >= 0.6 is 0 Å². The predicted molar refractivity (Wildman–Crippen MR) is 66.1 cm³/mol. The van der Waals surface area contributed by atoms with E-state index in [2.05, 4.69) is 16.0 Å². The number of pyridine rings is 1. The summed E-state index contributed by atoms with van der Waals surface area (Å²) in [4.78, 5) is 6.79. The van der Waals surface area contributed by atoms with Crippen LogP contribution in [0, 0.1) is 0 Å². The van der Waals surface area contributed by atoms with Gasteiger partial charge in [0.2, 0.25) is 0 Å². The Morgan fingerprint density at radius 1 is 1.44 bits per heavy atom. The summed E-state index contributed by atoms with van der Waals surface area (Å²) in [5.74, 6) is 0. The van der Waals surface area contributed by atoms with Crippen molar-refractivity contribution in [3.05, 3.63) is 30.1 Å². The zero-order valence-electron chi connectivity index (χ0n) is 9.81. The number of hydrogen-bond acceptors (Lipinski definition) is 3. The molecule has 0 saturated carbocycles. The van der Waals surface area contributed by atoms with Crippen molar-refractivity contribution in [1.29, 1.82) is 0 Å². The molecule has 16 heavy (non-hydrogen) atoms. The number of piperidine rings is 1. The Kier molecular flexibility index (Phi) is 4.31. The molecule has 1 aromatic heterocycles. The van der Waals surface area contributed by atoms with Gasteiger partial charge in [0.15, 0.2) is 0 Å². The van der Waals surface area contributed by atoms with Crippen LogP contribution in [-0.2, 0) is 0 Å². The average molecular weight is 219 g/mol. The first-order valence-corrected chi connectivity index (χ1v) is 6.26. The summed E-state index contributed by atoms with van der Waals surface area (Å²) in [6.07, 6.45) is 8.86. The molecule has 88 valence electrons. The van der Waals surface area contributed by atoms with Gasteiger partial charge in [-0.25, -0.2) is 0 Å². The third-order valence-electron chi connectivity index (χ3n) is 3.33. The number of likely N-dealkylation sites (tertiary alicyclic amines) is 1. The molecule has 0 amide bonds. The number of aromatic nitrogens is 1. The molecule has 1 atom stereocenters. The van der Waals surface area contributed by atoms with Gasteiger partial charge in [-0.05, 0) is 50.5 Å². The van der Waals surface area contributed by atoms with Gasteiger partial charge < -0.3 is 5.73 Å². The summed E-state index contributed by atoms with van der Waals surface area (Å²) >= 11 is 0. The quantitative estimate of drug-likeness (QED) is 0.841. The molecule has 0 bridgehead atoms. The van der Waals surface area contributed by atoms with E-state index in [1.807, 2.05) is 18.5 Å². The van der Waals surface area contributed by atoms with E-state index in [4.69, 9.17) is 5.73 Å². The summed E-state index contributed by atoms with van der Waals surface area (Å²) in [7, 11) is 0. The van der Waals surface area contributed by atoms with Crippen molar-refractivity contribution < 1.29 is 0 Å². The molecule has 0 radical (unpaired) electrons. The largest absolute Gasteiger partial charge is 0.330 e. The molecule has 2 N–H and O–H groups in total. The van der Waals surface area contributed by atoms with Gasteiger partial charge in [0.1, 0.15) is 0 Å². The molecular weight excluding hydrogens is 198 g/mol. The fourth-order valence-corrected chi connectivity index (χ4v) is 2.50. The van der Waals surface area contributed by atoms with Crippen molar-refractivity contribution in [2.45, 2.75) is 31.7 Å². The smallest absolute Gasteiger partial charge is 0.0363 e. The molecular formula is C13H21N3. The predicted octanol–water partition coefficient (Wildman–Crippen LogP) is 1.96. The normalized spacial score (nSPS) is 22.2. The Bertz CT molecular complexity index is 299. The van der Waals surface area contributed by atoms with Gasteiger partial charge in [-0.3, -0.25) is 9.88 Å². The Morgan fingerprint density at radius 3 is 3.12 bits per heavy atom. The number of hydrogen-bond donors (Lipinski definition) is 1. The second kappa shape index (κ2) is 5.97. The van der Waals surface area contributed by atoms with Crippen molar-refractivity contribution in [2.24, 2.45) is 5.73 Å². The van der Waals surface area contributed by atoms with E-state index in [0.29, 0.717) is 6.04 Å². The van der Waals surface area contributed by atoms with E-state index in [-0.39, 0.29) is 0 Å². The van der Waals surface area contributed by atoms with Crippen molar-refractivity contribution in [2.75, 3.05) is 19.6 Å². The highest BCUT2D eigenvalue weighted by molar-refractivity contribution is 5.14. The lowest BCUT2D eigenvalue weighted by Gasteiger charge is -2.35. The maximum atomic E-state index is 5.59. The van der Waals surface area contributed by atoms with Gasteiger partial charge in [-0.2, -0.15) is 0 Å². The van der Waals surface area contributed by atoms with Gasteiger partial charge in [-0.15, -0.1) is 0 Å². The van der Waals surface area contributed by atoms with Gasteiger partial charge >= 0.3 is 0 Å². The van der Waals surface area contributed by atoms with Crippen molar-refractivity contribution >= 4 is 0 Å². The van der Waals surface area contributed by atoms with Gasteiger partial charge in [0, 0.05) is 18.4 Å². The number of rotatable bonds is 4.